The molecule has 3 heteroatoms. The number of benzene rings is 2. The second kappa shape index (κ2) is 5.78. The Morgan fingerprint density at radius 2 is 1.74 bits per heavy atom. The summed E-state index contributed by atoms with van der Waals surface area (Å²) >= 11 is 0. The van der Waals surface area contributed by atoms with Gasteiger partial charge in [-0.2, -0.15) is 0 Å². The second-order valence-corrected chi connectivity index (χ2v) is 4.45. The topological polar surface area (TPSA) is 49.3 Å². The molecule has 0 fully saturated rings. The zero-order valence-corrected chi connectivity index (χ0v) is 11.1. The summed E-state index contributed by atoms with van der Waals surface area (Å²) in [5.41, 5.74) is 3.44. The molecule has 0 saturated carbocycles. The molecule has 0 aromatic heterocycles. The van der Waals surface area contributed by atoms with E-state index in [2.05, 4.69) is 5.32 Å². The zero-order chi connectivity index (χ0) is 13.8. The number of carbonyl (C=O) groups is 1. The van der Waals surface area contributed by atoms with Gasteiger partial charge >= 0.3 is 0 Å². The molecule has 0 spiro atoms. The highest BCUT2D eigenvalue weighted by molar-refractivity contribution is 5.95. The lowest BCUT2D eigenvalue weighted by atomic mass is 9.99. The van der Waals surface area contributed by atoms with Crippen molar-refractivity contribution in [2.75, 3.05) is 7.05 Å². The molecule has 0 heterocycles. The molecule has 0 aliphatic rings. The minimum atomic E-state index is -0.684. The van der Waals surface area contributed by atoms with Gasteiger partial charge in [0.2, 0.25) is 0 Å². The summed E-state index contributed by atoms with van der Waals surface area (Å²) in [6, 6.07) is 15.1. The Morgan fingerprint density at radius 1 is 1.11 bits per heavy atom. The molecule has 2 aromatic rings. The number of nitrogens with one attached hydrogen (secondary N) is 1. The zero-order valence-electron chi connectivity index (χ0n) is 11.1. The molecule has 3 nitrogen and oxygen atoms in total. The van der Waals surface area contributed by atoms with Crippen molar-refractivity contribution in [3.63, 3.8) is 0 Å². The largest absolute Gasteiger partial charge is 0.374 e. The Bertz CT molecular complexity index is 593. The van der Waals surface area contributed by atoms with Crippen LogP contribution in [0.3, 0.4) is 0 Å². The first-order valence-corrected chi connectivity index (χ1v) is 6.18. The minimum Gasteiger partial charge on any atom is -0.374 e. The summed E-state index contributed by atoms with van der Waals surface area (Å²) in [6.07, 6.45) is -0.684. The number of hydrogen-bond acceptors (Lipinski definition) is 3. The summed E-state index contributed by atoms with van der Waals surface area (Å²) < 4.78 is 0. The molecule has 0 saturated heterocycles. The molecule has 0 radical (unpaired) electrons. The van der Waals surface area contributed by atoms with Gasteiger partial charge in [-0.15, -0.1) is 0 Å². The molecular weight excluding hydrogens is 238 g/mol. The van der Waals surface area contributed by atoms with Crippen molar-refractivity contribution in [3.05, 3.63) is 59.7 Å². The average molecular weight is 255 g/mol. The van der Waals surface area contributed by atoms with E-state index in [9.17, 15) is 9.90 Å². The fraction of sp³-hybridized carbons (Fsp3) is 0.188. The molecule has 0 aliphatic carbocycles. The van der Waals surface area contributed by atoms with E-state index < -0.39 is 6.23 Å². The van der Waals surface area contributed by atoms with Gasteiger partial charge in [-0.1, -0.05) is 36.4 Å². The third kappa shape index (κ3) is 3.08. The average Bonchev–Trinajstić information content (AvgIpc) is 2.46. The van der Waals surface area contributed by atoms with Crippen LogP contribution in [-0.2, 0) is 0 Å². The molecule has 0 aliphatic heterocycles. The second-order valence-electron chi connectivity index (χ2n) is 4.45. The number of hydrogen-bond donors (Lipinski definition) is 2. The highest BCUT2D eigenvalue weighted by Crippen LogP contribution is 2.23. The smallest absolute Gasteiger partial charge is 0.159 e. The Labute approximate surface area is 112 Å². The van der Waals surface area contributed by atoms with Gasteiger partial charge < -0.3 is 5.11 Å². The molecule has 19 heavy (non-hydrogen) atoms. The van der Waals surface area contributed by atoms with Gasteiger partial charge in [0, 0.05) is 5.56 Å². The molecule has 1 unspecified atom stereocenters. The van der Waals surface area contributed by atoms with Crippen LogP contribution in [0.1, 0.15) is 29.1 Å². The number of aliphatic hydroxyl groups excluding tert-OH is 1. The third-order valence-corrected chi connectivity index (χ3v) is 3.08. The first kappa shape index (κ1) is 13.5. The molecular formula is C16H17NO2. The number of aliphatic hydroxyl groups is 1. The van der Waals surface area contributed by atoms with E-state index in [1.54, 1.807) is 20.0 Å². The Balaban J connectivity index is 2.41. The highest BCUT2D eigenvalue weighted by atomic mass is 16.3. The van der Waals surface area contributed by atoms with E-state index in [1.165, 1.54) is 0 Å². The Morgan fingerprint density at radius 3 is 2.37 bits per heavy atom. The van der Waals surface area contributed by atoms with E-state index in [0.717, 1.165) is 16.7 Å². The predicted octanol–water partition coefficient (Wildman–Crippen LogP) is 2.77. The van der Waals surface area contributed by atoms with E-state index >= 15 is 0 Å². The molecule has 0 bridgehead atoms. The molecule has 0 amide bonds. The van der Waals surface area contributed by atoms with Crippen LogP contribution in [0.15, 0.2) is 48.5 Å². The number of carbonyl (C=O) groups excluding carboxylic acids is 1. The summed E-state index contributed by atoms with van der Waals surface area (Å²) in [5.74, 6) is 0.0493. The lowest BCUT2D eigenvalue weighted by molar-refractivity contribution is 0.101. The van der Waals surface area contributed by atoms with Gasteiger partial charge in [-0.25, -0.2) is 0 Å². The molecule has 2 N–H and O–H groups in total. The van der Waals surface area contributed by atoms with Gasteiger partial charge in [0.1, 0.15) is 6.23 Å². The molecule has 2 aromatic carbocycles. The Hall–Kier alpha value is -1.97. The van der Waals surface area contributed by atoms with Crippen molar-refractivity contribution in [2.24, 2.45) is 0 Å². The van der Waals surface area contributed by atoms with Crippen LogP contribution >= 0.6 is 0 Å². The summed E-state index contributed by atoms with van der Waals surface area (Å²) in [4.78, 5) is 11.4. The van der Waals surface area contributed by atoms with Crippen molar-refractivity contribution in [3.8, 4) is 11.1 Å². The fourth-order valence-corrected chi connectivity index (χ4v) is 1.97. The van der Waals surface area contributed by atoms with E-state index in [-0.39, 0.29) is 5.78 Å². The fourth-order valence-electron chi connectivity index (χ4n) is 1.97. The summed E-state index contributed by atoms with van der Waals surface area (Å²) in [5, 5.41) is 12.6. The van der Waals surface area contributed by atoms with Crippen molar-refractivity contribution in [2.45, 2.75) is 13.2 Å². The van der Waals surface area contributed by atoms with Gasteiger partial charge in [-0.3, -0.25) is 10.1 Å². The van der Waals surface area contributed by atoms with Crippen LogP contribution in [-0.4, -0.2) is 17.9 Å². The van der Waals surface area contributed by atoms with Crippen LogP contribution in [0.5, 0.6) is 0 Å². The molecule has 98 valence electrons. The molecule has 1 atom stereocenters. The number of Topliss-reactive ketones (excluding diaryl/α,β-unsaturated/α-hetero) is 1. The van der Waals surface area contributed by atoms with Crippen molar-refractivity contribution >= 4 is 5.78 Å². The lowest BCUT2D eigenvalue weighted by Crippen LogP contribution is -2.15. The van der Waals surface area contributed by atoms with Crippen LogP contribution in [0.25, 0.3) is 11.1 Å². The monoisotopic (exact) mass is 255 g/mol. The normalized spacial score (nSPS) is 12.2. The van der Waals surface area contributed by atoms with E-state index in [1.807, 2.05) is 42.5 Å². The summed E-state index contributed by atoms with van der Waals surface area (Å²) in [6.45, 7) is 1.56. The summed E-state index contributed by atoms with van der Waals surface area (Å²) in [7, 11) is 1.70. The standard InChI is InChI=1S/C16H17NO2/c1-11(18)12-5-3-6-13(9-12)14-7-4-8-15(10-14)16(19)17-2/h3-10,16-17,19H,1-2H3. The van der Waals surface area contributed by atoms with Gasteiger partial charge in [0.15, 0.2) is 5.78 Å². The van der Waals surface area contributed by atoms with Gasteiger partial charge in [0.25, 0.3) is 0 Å². The minimum absolute atomic E-state index is 0.0493. The van der Waals surface area contributed by atoms with Crippen molar-refractivity contribution in [1.82, 2.24) is 5.32 Å². The Kier molecular flexibility index (Phi) is 4.10. The number of ketones is 1. The maximum absolute atomic E-state index is 11.4. The highest BCUT2D eigenvalue weighted by Gasteiger charge is 2.07. The SMILES string of the molecule is CNC(O)c1cccc(-c2cccc(C(C)=O)c2)c1. The van der Waals surface area contributed by atoms with Crippen LogP contribution < -0.4 is 5.32 Å². The van der Waals surface area contributed by atoms with Crippen LogP contribution in [0.2, 0.25) is 0 Å². The maximum atomic E-state index is 11.4. The van der Waals surface area contributed by atoms with E-state index in [0.29, 0.717) is 5.56 Å². The first-order chi connectivity index (χ1) is 9.11. The van der Waals surface area contributed by atoms with Gasteiger partial charge in [-0.05, 0) is 42.8 Å². The first-order valence-electron chi connectivity index (χ1n) is 6.18. The molecule has 2 rings (SSSR count). The van der Waals surface area contributed by atoms with Gasteiger partial charge in [0.05, 0.1) is 0 Å². The number of rotatable bonds is 4. The maximum Gasteiger partial charge on any atom is 0.159 e. The quantitative estimate of drug-likeness (QED) is 0.652. The third-order valence-electron chi connectivity index (χ3n) is 3.08. The van der Waals surface area contributed by atoms with Crippen LogP contribution in [0.4, 0.5) is 0 Å². The lowest BCUT2D eigenvalue weighted by Gasteiger charge is -2.11. The van der Waals surface area contributed by atoms with Crippen molar-refractivity contribution in [1.29, 1.82) is 0 Å². The van der Waals surface area contributed by atoms with E-state index in [4.69, 9.17) is 0 Å². The van der Waals surface area contributed by atoms with Crippen LogP contribution in [0, 0.1) is 0 Å². The van der Waals surface area contributed by atoms with Crippen molar-refractivity contribution < 1.29 is 9.90 Å². The predicted molar refractivity (Wildman–Crippen MR) is 75.9 cm³/mol.